The second-order valence-electron chi connectivity index (χ2n) is 5.20. The van der Waals surface area contributed by atoms with Crippen LogP contribution in [0.1, 0.15) is 31.4 Å². The van der Waals surface area contributed by atoms with Gasteiger partial charge in [0.2, 0.25) is 0 Å². The van der Waals surface area contributed by atoms with Crippen LogP contribution in [0, 0.1) is 11.3 Å². The van der Waals surface area contributed by atoms with E-state index >= 15 is 0 Å². The largest absolute Gasteiger partial charge is 0.368 e. The van der Waals surface area contributed by atoms with Gasteiger partial charge in [-0.25, -0.2) is 4.98 Å². The maximum Gasteiger partial charge on any atom is 0.142 e. The molecule has 0 atom stereocenters. The molecule has 0 bridgehead atoms. The molecule has 1 aromatic heterocycles. The van der Waals surface area contributed by atoms with Gasteiger partial charge >= 0.3 is 0 Å². The topological polar surface area (TPSA) is 52.0 Å². The van der Waals surface area contributed by atoms with E-state index in [1.807, 2.05) is 12.1 Å². The summed E-state index contributed by atoms with van der Waals surface area (Å²) in [4.78, 5) is 6.57. The van der Waals surface area contributed by atoms with E-state index in [-0.39, 0.29) is 5.54 Å². The lowest BCUT2D eigenvalue weighted by Gasteiger charge is -2.36. The van der Waals surface area contributed by atoms with E-state index in [9.17, 15) is 0 Å². The van der Waals surface area contributed by atoms with Gasteiger partial charge in [-0.05, 0) is 39.1 Å². The zero-order valence-corrected chi connectivity index (χ0v) is 11.1. The average Bonchev–Trinajstić information content (AvgIpc) is 2.87. The van der Waals surface area contributed by atoms with Crippen LogP contribution in [0.5, 0.6) is 0 Å². The molecule has 4 heteroatoms. The molecule has 96 valence electrons. The first kappa shape index (κ1) is 12.8. The molecule has 0 radical (unpaired) electrons. The van der Waals surface area contributed by atoms with Crippen LogP contribution in [0.3, 0.4) is 0 Å². The van der Waals surface area contributed by atoms with E-state index in [1.54, 1.807) is 6.07 Å². The van der Waals surface area contributed by atoms with Crippen LogP contribution >= 0.6 is 0 Å². The summed E-state index contributed by atoms with van der Waals surface area (Å²) in [5.74, 6) is 0.794. The minimum Gasteiger partial charge on any atom is -0.368 e. The highest BCUT2D eigenvalue weighted by Gasteiger charge is 2.35. The fraction of sp³-hybridized carbons (Fsp3) is 0.571. The number of nitrogens with zero attached hydrogens (tertiary/aromatic N) is 3. The van der Waals surface area contributed by atoms with Gasteiger partial charge in [-0.15, -0.1) is 0 Å². The van der Waals surface area contributed by atoms with E-state index < -0.39 is 0 Å². The van der Waals surface area contributed by atoms with Crippen molar-refractivity contribution in [2.75, 3.05) is 26.0 Å². The van der Waals surface area contributed by atoms with Crippen molar-refractivity contribution in [2.24, 2.45) is 0 Å². The SMILES string of the molecule is CN(C)C1(CNc2cccc(C#N)n2)CCCC1. The van der Waals surface area contributed by atoms with Crippen LogP contribution in [0.2, 0.25) is 0 Å². The maximum atomic E-state index is 8.83. The summed E-state index contributed by atoms with van der Waals surface area (Å²) >= 11 is 0. The summed E-state index contributed by atoms with van der Waals surface area (Å²) in [6, 6.07) is 7.57. The van der Waals surface area contributed by atoms with Crippen LogP contribution in [0.15, 0.2) is 18.2 Å². The number of rotatable bonds is 4. The van der Waals surface area contributed by atoms with Gasteiger partial charge in [-0.3, -0.25) is 0 Å². The highest BCUT2D eigenvalue weighted by molar-refractivity contribution is 5.38. The van der Waals surface area contributed by atoms with Gasteiger partial charge < -0.3 is 10.2 Å². The van der Waals surface area contributed by atoms with Gasteiger partial charge in [0, 0.05) is 12.1 Å². The molecule has 18 heavy (non-hydrogen) atoms. The van der Waals surface area contributed by atoms with E-state index in [1.165, 1.54) is 25.7 Å². The summed E-state index contributed by atoms with van der Waals surface area (Å²) < 4.78 is 0. The Balaban J connectivity index is 2.04. The summed E-state index contributed by atoms with van der Waals surface area (Å²) in [6.07, 6.45) is 5.05. The first-order valence-corrected chi connectivity index (χ1v) is 6.45. The Morgan fingerprint density at radius 3 is 2.72 bits per heavy atom. The quantitative estimate of drug-likeness (QED) is 0.882. The van der Waals surface area contributed by atoms with Crippen LogP contribution < -0.4 is 5.32 Å². The fourth-order valence-electron chi connectivity index (χ4n) is 2.67. The van der Waals surface area contributed by atoms with Crippen molar-refractivity contribution in [3.8, 4) is 6.07 Å². The Bertz CT molecular complexity index is 441. The van der Waals surface area contributed by atoms with Gasteiger partial charge in [0.1, 0.15) is 17.6 Å². The Hall–Kier alpha value is -1.60. The third-order valence-electron chi connectivity index (χ3n) is 3.95. The number of nitriles is 1. The van der Waals surface area contributed by atoms with Crippen LogP contribution in [0.4, 0.5) is 5.82 Å². The predicted molar refractivity (Wildman–Crippen MR) is 72.3 cm³/mol. The number of anilines is 1. The molecule has 1 aliphatic carbocycles. The average molecular weight is 244 g/mol. The molecule has 0 aliphatic heterocycles. The molecule has 1 aromatic rings. The minimum atomic E-state index is 0.240. The van der Waals surface area contributed by atoms with Crippen LogP contribution in [0.25, 0.3) is 0 Å². The molecule has 1 heterocycles. The van der Waals surface area contributed by atoms with E-state index in [2.05, 4.69) is 35.4 Å². The molecule has 1 saturated carbocycles. The van der Waals surface area contributed by atoms with E-state index in [4.69, 9.17) is 5.26 Å². The standard InChI is InChI=1S/C14H20N4/c1-18(2)14(8-3-4-9-14)11-16-13-7-5-6-12(10-15)17-13/h5-7H,3-4,8-9,11H2,1-2H3,(H,16,17). The molecule has 0 unspecified atom stereocenters. The number of aromatic nitrogens is 1. The number of pyridine rings is 1. The molecule has 0 spiro atoms. The summed E-state index contributed by atoms with van der Waals surface area (Å²) in [7, 11) is 4.29. The van der Waals surface area contributed by atoms with Gasteiger partial charge in [0.25, 0.3) is 0 Å². The smallest absolute Gasteiger partial charge is 0.142 e. The lowest BCUT2D eigenvalue weighted by Crippen LogP contribution is -2.47. The van der Waals surface area contributed by atoms with Gasteiger partial charge in [0.15, 0.2) is 0 Å². The Morgan fingerprint density at radius 2 is 2.11 bits per heavy atom. The molecule has 1 N–H and O–H groups in total. The van der Waals surface area contributed by atoms with E-state index in [0.717, 1.165) is 12.4 Å². The van der Waals surface area contributed by atoms with Gasteiger partial charge in [-0.1, -0.05) is 18.9 Å². The Morgan fingerprint density at radius 1 is 1.39 bits per heavy atom. The summed E-state index contributed by atoms with van der Waals surface area (Å²) in [5.41, 5.74) is 0.704. The Kier molecular flexibility index (Phi) is 3.83. The molecular formula is C14H20N4. The second-order valence-corrected chi connectivity index (χ2v) is 5.20. The highest BCUT2D eigenvalue weighted by atomic mass is 15.2. The summed E-state index contributed by atoms with van der Waals surface area (Å²) in [5, 5.41) is 12.2. The molecule has 2 rings (SSSR count). The fourth-order valence-corrected chi connectivity index (χ4v) is 2.67. The third kappa shape index (κ3) is 2.62. The highest BCUT2D eigenvalue weighted by Crippen LogP contribution is 2.33. The first-order chi connectivity index (χ1) is 8.66. The maximum absolute atomic E-state index is 8.83. The monoisotopic (exact) mass is 244 g/mol. The first-order valence-electron chi connectivity index (χ1n) is 6.45. The van der Waals surface area contributed by atoms with Crippen molar-refractivity contribution in [1.29, 1.82) is 5.26 Å². The van der Waals surface area contributed by atoms with E-state index in [0.29, 0.717) is 5.69 Å². The molecule has 1 aliphatic rings. The zero-order chi connectivity index (χ0) is 13.0. The van der Waals surface area contributed by atoms with Crippen LogP contribution in [-0.2, 0) is 0 Å². The number of likely N-dealkylation sites (N-methyl/N-ethyl adjacent to an activating group) is 1. The zero-order valence-electron chi connectivity index (χ0n) is 11.1. The molecule has 1 fully saturated rings. The van der Waals surface area contributed by atoms with Crippen molar-refractivity contribution >= 4 is 5.82 Å². The Labute approximate surface area is 109 Å². The summed E-state index contributed by atoms with van der Waals surface area (Å²) in [6.45, 7) is 0.891. The number of nitrogens with one attached hydrogen (secondary N) is 1. The lowest BCUT2D eigenvalue weighted by molar-refractivity contribution is 0.172. The second kappa shape index (κ2) is 5.36. The number of hydrogen-bond donors (Lipinski definition) is 1. The normalized spacial score (nSPS) is 17.7. The minimum absolute atomic E-state index is 0.240. The lowest BCUT2D eigenvalue weighted by atomic mass is 9.96. The van der Waals surface area contributed by atoms with Gasteiger partial charge in [0.05, 0.1) is 0 Å². The van der Waals surface area contributed by atoms with Crippen LogP contribution in [-0.4, -0.2) is 36.1 Å². The van der Waals surface area contributed by atoms with Crippen molar-refractivity contribution in [2.45, 2.75) is 31.2 Å². The molecule has 0 amide bonds. The van der Waals surface area contributed by atoms with Crippen molar-refractivity contribution < 1.29 is 0 Å². The molecule has 0 saturated heterocycles. The number of hydrogen-bond acceptors (Lipinski definition) is 4. The van der Waals surface area contributed by atoms with Crippen molar-refractivity contribution in [1.82, 2.24) is 9.88 Å². The van der Waals surface area contributed by atoms with Crippen molar-refractivity contribution in [3.63, 3.8) is 0 Å². The van der Waals surface area contributed by atoms with Gasteiger partial charge in [-0.2, -0.15) is 5.26 Å². The molecular weight excluding hydrogens is 224 g/mol. The third-order valence-corrected chi connectivity index (χ3v) is 3.95. The molecule has 0 aromatic carbocycles. The molecule has 4 nitrogen and oxygen atoms in total. The predicted octanol–water partition coefficient (Wildman–Crippen LogP) is 2.24. The van der Waals surface area contributed by atoms with Crippen molar-refractivity contribution in [3.05, 3.63) is 23.9 Å².